The second-order valence-corrected chi connectivity index (χ2v) is 5.18. The Hall–Kier alpha value is -0.870. The minimum Gasteiger partial charge on any atom is -0.279 e. The molecule has 1 aliphatic rings. The molecular formula is C11H8BrNOS. The van der Waals surface area contributed by atoms with E-state index in [0.29, 0.717) is 5.70 Å². The van der Waals surface area contributed by atoms with Crippen LogP contribution in [-0.4, -0.2) is 10.2 Å². The summed E-state index contributed by atoms with van der Waals surface area (Å²) in [6.07, 6.45) is 1.80. The maximum Gasteiger partial charge on any atom is 0.243 e. The Kier molecular flexibility index (Phi) is 3.07. The number of hydrogen-bond donors (Lipinski definition) is 0. The zero-order valence-electron chi connectivity index (χ0n) is 8.03. The summed E-state index contributed by atoms with van der Waals surface area (Å²) in [5, 5.41) is 0.832. The van der Waals surface area contributed by atoms with Gasteiger partial charge in [0.1, 0.15) is 5.70 Å². The van der Waals surface area contributed by atoms with Gasteiger partial charge in [-0.3, -0.25) is 4.79 Å². The van der Waals surface area contributed by atoms with Crippen LogP contribution in [0.1, 0.15) is 12.5 Å². The van der Waals surface area contributed by atoms with Gasteiger partial charge in [-0.25, -0.2) is 4.99 Å². The molecule has 0 radical (unpaired) electrons. The summed E-state index contributed by atoms with van der Waals surface area (Å²) in [5.74, 6) is 0. The van der Waals surface area contributed by atoms with Gasteiger partial charge in [0.2, 0.25) is 5.12 Å². The van der Waals surface area contributed by atoms with Crippen LogP contribution >= 0.6 is 27.7 Å². The molecule has 0 N–H and O–H groups in total. The number of nitrogens with zero attached hydrogens (tertiary/aromatic N) is 1. The molecule has 1 aliphatic heterocycles. The minimum atomic E-state index is 0.0235. The Morgan fingerprint density at radius 3 is 2.53 bits per heavy atom. The molecule has 0 saturated heterocycles. The number of halogens is 1. The molecule has 0 aliphatic carbocycles. The van der Waals surface area contributed by atoms with Gasteiger partial charge in [-0.2, -0.15) is 0 Å². The average molecular weight is 282 g/mol. The maximum absolute atomic E-state index is 11.4. The highest BCUT2D eigenvalue weighted by atomic mass is 79.9. The minimum absolute atomic E-state index is 0.0235. The maximum atomic E-state index is 11.4. The lowest BCUT2D eigenvalue weighted by Crippen LogP contribution is -1.87. The Balaban J connectivity index is 2.31. The average Bonchev–Trinajstić information content (AvgIpc) is 2.49. The molecule has 2 rings (SSSR count). The van der Waals surface area contributed by atoms with Crippen molar-refractivity contribution in [3.63, 3.8) is 0 Å². The van der Waals surface area contributed by atoms with Crippen LogP contribution in [0.4, 0.5) is 0 Å². The third-order valence-electron chi connectivity index (χ3n) is 1.90. The Morgan fingerprint density at radius 1 is 1.33 bits per heavy atom. The first-order chi connectivity index (χ1) is 7.15. The van der Waals surface area contributed by atoms with Crippen LogP contribution < -0.4 is 0 Å². The zero-order chi connectivity index (χ0) is 10.8. The molecule has 0 saturated carbocycles. The highest BCUT2D eigenvalue weighted by Gasteiger charge is 2.18. The smallest absolute Gasteiger partial charge is 0.243 e. The van der Waals surface area contributed by atoms with Gasteiger partial charge < -0.3 is 0 Å². The second kappa shape index (κ2) is 4.33. The zero-order valence-corrected chi connectivity index (χ0v) is 10.4. The Bertz CT molecular complexity index is 462. The van der Waals surface area contributed by atoms with Crippen molar-refractivity contribution in [1.82, 2.24) is 0 Å². The summed E-state index contributed by atoms with van der Waals surface area (Å²) in [6.45, 7) is 1.84. The molecule has 0 atom stereocenters. The van der Waals surface area contributed by atoms with Crippen molar-refractivity contribution >= 4 is 43.9 Å². The summed E-state index contributed by atoms with van der Waals surface area (Å²) in [5.41, 5.74) is 1.51. The molecular weight excluding hydrogens is 274 g/mol. The molecule has 15 heavy (non-hydrogen) atoms. The molecule has 0 spiro atoms. The molecule has 0 fully saturated rings. The fourth-order valence-electron chi connectivity index (χ4n) is 1.23. The second-order valence-electron chi connectivity index (χ2n) is 3.10. The summed E-state index contributed by atoms with van der Waals surface area (Å²) in [7, 11) is 0. The van der Waals surface area contributed by atoms with Gasteiger partial charge in [0.25, 0.3) is 0 Å². The molecule has 76 valence electrons. The molecule has 0 amide bonds. The molecule has 1 heterocycles. The fourth-order valence-corrected chi connectivity index (χ4v) is 2.12. The molecule has 4 heteroatoms. The predicted molar refractivity (Wildman–Crippen MR) is 67.8 cm³/mol. The lowest BCUT2D eigenvalue weighted by Gasteiger charge is -1.94. The largest absolute Gasteiger partial charge is 0.279 e. The van der Waals surface area contributed by atoms with Crippen LogP contribution in [0.2, 0.25) is 0 Å². The molecule has 0 bridgehead atoms. The SMILES string of the molecule is CC1=NC(=Cc2ccc(Br)cc2)C(=O)S1. The van der Waals surface area contributed by atoms with E-state index in [1.807, 2.05) is 31.2 Å². The van der Waals surface area contributed by atoms with E-state index < -0.39 is 0 Å². The number of aliphatic imine (C=N–C) groups is 1. The van der Waals surface area contributed by atoms with E-state index in [-0.39, 0.29) is 5.12 Å². The standard InChI is InChI=1S/C11H8BrNOS/c1-7-13-10(11(14)15-7)6-8-2-4-9(12)5-3-8/h2-6H,1H3. The van der Waals surface area contributed by atoms with Crippen LogP contribution in [-0.2, 0) is 4.79 Å². The Labute approximate surface area is 101 Å². The van der Waals surface area contributed by atoms with Crippen molar-refractivity contribution in [2.45, 2.75) is 6.92 Å². The first-order valence-electron chi connectivity index (χ1n) is 4.40. The highest BCUT2D eigenvalue weighted by Crippen LogP contribution is 2.25. The van der Waals surface area contributed by atoms with Gasteiger partial charge in [-0.1, -0.05) is 28.1 Å². The van der Waals surface area contributed by atoms with E-state index in [2.05, 4.69) is 20.9 Å². The normalized spacial score (nSPS) is 18.4. The quantitative estimate of drug-likeness (QED) is 0.738. The lowest BCUT2D eigenvalue weighted by molar-refractivity contribution is -0.107. The van der Waals surface area contributed by atoms with Crippen molar-refractivity contribution in [1.29, 1.82) is 0 Å². The third-order valence-corrected chi connectivity index (χ3v) is 3.21. The number of benzene rings is 1. The van der Waals surface area contributed by atoms with Gasteiger partial charge in [-0.05, 0) is 42.5 Å². The third kappa shape index (κ3) is 2.58. The van der Waals surface area contributed by atoms with Crippen LogP contribution in [0.25, 0.3) is 6.08 Å². The topological polar surface area (TPSA) is 29.4 Å². The van der Waals surface area contributed by atoms with Crippen LogP contribution in [0.5, 0.6) is 0 Å². The number of hydrogen-bond acceptors (Lipinski definition) is 3. The van der Waals surface area contributed by atoms with Gasteiger partial charge >= 0.3 is 0 Å². The van der Waals surface area contributed by atoms with Crippen molar-refractivity contribution in [3.8, 4) is 0 Å². The van der Waals surface area contributed by atoms with Gasteiger partial charge in [-0.15, -0.1) is 0 Å². The van der Waals surface area contributed by atoms with E-state index in [4.69, 9.17) is 0 Å². The molecule has 1 aromatic carbocycles. The van der Waals surface area contributed by atoms with E-state index in [0.717, 1.165) is 15.1 Å². The van der Waals surface area contributed by atoms with E-state index in [9.17, 15) is 4.79 Å². The number of rotatable bonds is 1. The summed E-state index contributed by atoms with van der Waals surface area (Å²) in [4.78, 5) is 15.6. The number of carbonyl (C=O) groups is 1. The van der Waals surface area contributed by atoms with Crippen molar-refractivity contribution in [2.75, 3.05) is 0 Å². The summed E-state index contributed by atoms with van der Waals surface area (Å²) >= 11 is 4.54. The van der Waals surface area contributed by atoms with Crippen molar-refractivity contribution in [2.24, 2.45) is 4.99 Å². The fraction of sp³-hybridized carbons (Fsp3) is 0.0909. The predicted octanol–water partition coefficient (Wildman–Crippen LogP) is 3.48. The van der Waals surface area contributed by atoms with Crippen molar-refractivity contribution in [3.05, 3.63) is 40.0 Å². The van der Waals surface area contributed by atoms with Crippen LogP contribution in [0.3, 0.4) is 0 Å². The number of thioether (sulfide) groups is 1. The Morgan fingerprint density at radius 2 is 2.00 bits per heavy atom. The first kappa shape index (κ1) is 10.6. The molecule has 0 aromatic heterocycles. The molecule has 2 nitrogen and oxygen atoms in total. The van der Waals surface area contributed by atoms with Gasteiger partial charge in [0.05, 0.1) is 5.04 Å². The van der Waals surface area contributed by atoms with E-state index in [1.165, 1.54) is 11.8 Å². The summed E-state index contributed by atoms with van der Waals surface area (Å²) in [6, 6.07) is 7.77. The van der Waals surface area contributed by atoms with Crippen LogP contribution in [0.15, 0.2) is 39.4 Å². The lowest BCUT2D eigenvalue weighted by atomic mass is 10.2. The molecule has 1 aromatic rings. The van der Waals surface area contributed by atoms with Gasteiger partial charge in [0.15, 0.2) is 0 Å². The molecule has 0 unspecified atom stereocenters. The van der Waals surface area contributed by atoms with Crippen molar-refractivity contribution < 1.29 is 4.79 Å². The monoisotopic (exact) mass is 281 g/mol. The number of carbonyl (C=O) groups excluding carboxylic acids is 1. The van der Waals surface area contributed by atoms with Gasteiger partial charge in [0, 0.05) is 4.47 Å². The first-order valence-corrected chi connectivity index (χ1v) is 6.01. The highest BCUT2D eigenvalue weighted by molar-refractivity contribution is 9.10. The summed E-state index contributed by atoms with van der Waals surface area (Å²) < 4.78 is 1.02. The van der Waals surface area contributed by atoms with E-state index in [1.54, 1.807) is 6.08 Å². The van der Waals surface area contributed by atoms with Crippen LogP contribution in [0, 0.1) is 0 Å². The van der Waals surface area contributed by atoms with E-state index >= 15 is 0 Å².